The molecule has 4 nitrogen and oxygen atoms in total. The van der Waals surface area contributed by atoms with Crippen LogP contribution in [0, 0.1) is 0 Å². The van der Waals surface area contributed by atoms with Crippen LogP contribution in [-0.4, -0.2) is 43.1 Å². The highest BCUT2D eigenvalue weighted by atomic mass is 32.1. The third-order valence-electron chi connectivity index (χ3n) is 3.87. The largest absolute Gasteiger partial charge is 0.495 e. The van der Waals surface area contributed by atoms with Gasteiger partial charge in [-0.15, -0.1) is 11.3 Å². The van der Waals surface area contributed by atoms with Crippen molar-refractivity contribution in [1.29, 1.82) is 0 Å². The van der Waals surface area contributed by atoms with Gasteiger partial charge < -0.3 is 15.0 Å². The zero-order valence-electron chi connectivity index (χ0n) is 11.2. The monoisotopic (exact) mass is 280 g/mol. The Morgan fingerprint density at radius 3 is 3.00 bits per heavy atom. The number of nitrogens with one attached hydrogen (secondary N) is 1. The molecule has 2 aliphatic rings. The summed E-state index contributed by atoms with van der Waals surface area (Å²) in [5, 5.41) is 5.40. The predicted molar refractivity (Wildman–Crippen MR) is 76.0 cm³/mol. The molecule has 1 aliphatic carbocycles. The maximum absolute atomic E-state index is 12.7. The van der Waals surface area contributed by atoms with Crippen molar-refractivity contribution in [2.24, 2.45) is 0 Å². The minimum absolute atomic E-state index is 0.142. The van der Waals surface area contributed by atoms with Gasteiger partial charge in [-0.2, -0.15) is 0 Å². The highest BCUT2D eigenvalue weighted by Gasteiger charge is 2.36. The molecule has 1 aromatic rings. The van der Waals surface area contributed by atoms with E-state index in [1.165, 1.54) is 24.2 Å². The van der Waals surface area contributed by atoms with E-state index in [0.717, 1.165) is 30.8 Å². The van der Waals surface area contributed by atoms with E-state index in [1.807, 2.05) is 11.4 Å². The lowest BCUT2D eigenvalue weighted by Gasteiger charge is -2.25. The molecule has 1 N–H and O–H groups in total. The number of hydrogen-bond acceptors (Lipinski definition) is 4. The van der Waals surface area contributed by atoms with Gasteiger partial charge in [0.05, 0.1) is 7.11 Å². The molecule has 0 spiro atoms. The van der Waals surface area contributed by atoms with Gasteiger partial charge in [0.1, 0.15) is 10.6 Å². The Kier molecular flexibility index (Phi) is 3.75. The van der Waals surface area contributed by atoms with E-state index in [4.69, 9.17) is 4.74 Å². The van der Waals surface area contributed by atoms with Gasteiger partial charge in [-0.1, -0.05) is 0 Å². The van der Waals surface area contributed by atoms with Gasteiger partial charge in [0, 0.05) is 18.6 Å². The molecule has 0 bridgehead atoms. The Morgan fingerprint density at radius 1 is 1.53 bits per heavy atom. The molecule has 1 unspecified atom stereocenters. The van der Waals surface area contributed by atoms with Crippen LogP contribution >= 0.6 is 11.3 Å². The first-order chi connectivity index (χ1) is 9.29. The maximum atomic E-state index is 12.7. The molecule has 1 aliphatic heterocycles. The molecule has 5 heteroatoms. The molecule has 0 radical (unpaired) electrons. The predicted octanol–water partition coefficient (Wildman–Crippen LogP) is 2.11. The van der Waals surface area contributed by atoms with Crippen LogP contribution in [0.25, 0.3) is 0 Å². The fourth-order valence-electron chi connectivity index (χ4n) is 2.68. The van der Waals surface area contributed by atoms with Crippen LogP contribution in [0.2, 0.25) is 0 Å². The Labute approximate surface area is 117 Å². The summed E-state index contributed by atoms with van der Waals surface area (Å²) in [6, 6.07) is 2.79. The highest BCUT2D eigenvalue weighted by Crippen LogP contribution is 2.33. The van der Waals surface area contributed by atoms with Gasteiger partial charge in [-0.25, -0.2) is 0 Å². The minimum Gasteiger partial charge on any atom is -0.495 e. The second-order valence-electron chi connectivity index (χ2n) is 5.30. The second-order valence-corrected chi connectivity index (χ2v) is 6.22. The van der Waals surface area contributed by atoms with Gasteiger partial charge in [0.25, 0.3) is 5.91 Å². The first-order valence-corrected chi connectivity index (χ1v) is 7.83. The topological polar surface area (TPSA) is 41.6 Å². The summed E-state index contributed by atoms with van der Waals surface area (Å²) in [6.45, 7) is 1.92. The number of carbonyl (C=O) groups is 1. The number of amides is 1. The van der Waals surface area contributed by atoms with Gasteiger partial charge in [0.15, 0.2) is 0 Å². The fourth-order valence-corrected chi connectivity index (χ4v) is 3.49. The number of ether oxygens (including phenoxy) is 1. The zero-order chi connectivity index (χ0) is 13.2. The minimum atomic E-state index is 0.142. The van der Waals surface area contributed by atoms with E-state index in [9.17, 15) is 4.79 Å². The van der Waals surface area contributed by atoms with E-state index >= 15 is 0 Å². The molecule has 3 rings (SSSR count). The van der Waals surface area contributed by atoms with Crippen LogP contribution in [0.1, 0.15) is 35.4 Å². The van der Waals surface area contributed by atoms with Crippen LogP contribution < -0.4 is 10.1 Å². The summed E-state index contributed by atoms with van der Waals surface area (Å²) in [4.78, 5) is 15.5. The van der Waals surface area contributed by atoms with E-state index in [2.05, 4.69) is 10.2 Å². The van der Waals surface area contributed by atoms with Crippen molar-refractivity contribution in [1.82, 2.24) is 10.2 Å². The van der Waals surface area contributed by atoms with Crippen molar-refractivity contribution in [2.75, 3.05) is 20.2 Å². The lowest BCUT2D eigenvalue weighted by atomic mass is 10.2. The Bertz CT molecular complexity index is 450. The van der Waals surface area contributed by atoms with Crippen molar-refractivity contribution in [3.05, 3.63) is 16.3 Å². The number of thiophene rings is 1. The molecular weight excluding hydrogens is 260 g/mol. The first kappa shape index (κ1) is 12.9. The molecule has 19 heavy (non-hydrogen) atoms. The first-order valence-electron chi connectivity index (χ1n) is 6.95. The Balaban J connectivity index is 1.73. The van der Waals surface area contributed by atoms with E-state index in [1.54, 1.807) is 7.11 Å². The number of methoxy groups -OCH3 is 1. The van der Waals surface area contributed by atoms with Crippen LogP contribution in [0.3, 0.4) is 0 Å². The summed E-state index contributed by atoms with van der Waals surface area (Å²) < 4.78 is 5.27. The van der Waals surface area contributed by atoms with Crippen LogP contribution in [-0.2, 0) is 0 Å². The molecular formula is C14H20N2O2S. The lowest BCUT2D eigenvalue weighted by molar-refractivity contribution is 0.0730. The van der Waals surface area contributed by atoms with Crippen LogP contribution in [0.15, 0.2) is 11.4 Å². The van der Waals surface area contributed by atoms with E-state index in [0.29, 0.717) is 17.8 Å². The van der Waals surface area contributed by atoms with Crippen LogP contribution in [0.5, 0.6) is 5.75 Å². The average Bonchev–Trinajstić information content (AvgIpc) is 2.95. The quantitative estimate of drug-likeness (QED) is 0.898. The van der Waals surface area contributed by atoms with Crippen molar-refractivity contribution in [2.45, 2.75) is 37.8 Å². The molecule has 2 heterocycles. The molecule has 104 valence electrons. The number of rotatable bonds is 5. The summed E-state index contributed by atoms with van der Waals surface area (Å²) in [5.41, 5.74) is 0. The summed E-state index contributed by atoms with van der Waals surface area (Å²) in [6.07, 6.45) is 4.69. The van der Waals surface area contributed by atoms with Crippen molar-refractivity contribution in [3.63, 3.8) is 0 Å². The molecule has 1 saturated heterocycles. The highest BCUT2D eigenvalue weighted by molar-refractivity contribution is 7.12. The van der Waals surface area contributed by atoms with Crippen molar-refractivity contribution in [3.8, 4) is 5.75 Å². The van der Waals surface area contributed by atoms with Crippen LogP contribution in [0.4, 0.5) is 0 Å². The van der Waals surface area contributed by atoms with Crippen molar-refractivity contribution >= 4 is 17.2 Å². The molecule has 1 atom stereocenters. The fraction of sp³-hybridized carbons (Fsp3) is 0.643. The van der Waals surface area contributed by atoms with Crippen molar-refractivity contribution < 1.29 is 9.53 Å². The van der Waals surface area contributed by atoms with Gasteiger partial charge in [0.2, 0.25) is 0 Å². The molecule has 1 amide bonds. The second kappa shape index (κ2) is 5.51. The standard InChI is InChI=1S/C14H20N2O2S/c1-18-12-6-8-19-13(12)14(17)16(11-4-5-11)9-10-3-2-7-15-10/h6,8,10-11,15H,2-5,7,9H2,1H3. The average molecular weight is 280 g/mol. The number of carbonyl (C=O) groups excluding carboxylic acids is 1. The summed E-state index contributed by atoms with van der Waals surface area (Å²) in [5.74, 6) is 0.850. The summed E-state index contributed by atoms with van der Waals surface area (Å²) in [7, 11) is 1.62. The van der Waals surface area contributed by atoms with E-state index < -0.39 is 0 Å². The number of hydrogen-bond donors (Lipinski definition) is 1. The lowest BCUT2D eigenvalue weighted by Crippen LogP contribution is -2.42. The maximum Gasteiger partial charge on any atom is 0.268 e. The van der Waals surface area contributed by atoms with Gasteiger partial charge in [-0.05, 0) is 43.7 Å². The van der Waals surface area contributed by atoms with Gasteiger partial charge >= 0.3 is 0 Å². The third-order valence-corrected chi connectivity index (χ3v) is 4.75. The van der Waals surface area contributed by atoms with Gasteiger partial charge in [-0.3, -0.25) is 4.79 Å². The van der Waals surface area contributed by atoms with E-state index in [-0.39, 0.29) is 5.91 Å². The Hall–Kier alpha value is -1.07. The zero-order valence-corrected chi connectivity index (χ0v) is 12.0. The number of nitrogens with zero attached hydrogens (tertiary/aromatic N) is 1. The third kappa shape index (κ3) is 2.77. The SMILES string of the molecule is COc1ccsc1C(=O)N(CC1CCCN1)C1CC1. The molecule has 0 aromatic carbocycles. The smallest absolute Gasteiger partial charge is 0.268 e. The Morgan fingerprint density at radius 2 is 2.37 bits per heavy atom. The normalized spacial score (nSPS) is 22.5. The molecule has 2 fully saturated rings. The summed E-state index contributed by atoms with van der Waals surface area (Å²) >= 11 is 1.48. The molecule has 1 saturated carbocycles. The molecule has 1 aromatic heterocycles.